The summed E-state index contributed by atoms with van der Waals surface area (Å²) < 4.78 is 0. The average molecular weight is 338 g/mol. The molecule has 1 atom stereocenters. The van der Waals surface area contributed by atoms with E-state index in [1.165, 1.54) is 0 Å². The second-order valence-electron chi connectivity index (χ2n) is 5.95. The van der Waals surface area contributed by atoms with Crippen LogP contribution in [0.25, 0.3) is 0 Å². The standard InChI is InChI=1S/C19H22N4O2/c20-18(21)15-9-8-13(10-16(15)19(22)23)14(11-17(24)25)7-6-12-4-2-1-3-5-12/h1-5,8-10,14H,6-7,11H2,(H3,20,21)(H3,22,23)(H,24,25). The second-order valence-corrected chi connectivity index (χ2v) is 5.95. The molecule has 1 unspecified atom stereocenters. The van der Waals surface area contributed by atoms with E-state index in [0.717, 1.165) is 17.5 Å². The first kappa shape index (κ1) is 18.2. The van der Waals surface area contributed by atoms with Crippen LogP contribution in [0.3, 0.4) is 0 Å². The smallest absolute Gasteiger partial charge is 0.303 e. The van der Waals surface area contributed by atoms with Gasteiger partial charge in [-0.3, -0.25) is 15.6 Å². The van der Waals surface area contributed by atoms with Crippen LogP contribution in [0.15, 0.2) is 48.5 Å². The van der Waals surface area contributed by atoms with Gasteiger partial charge in [0.1, 0.15) is 11.7 Å². The minimum absolute atomic E-state index is 0.0103. The minimum Gasteiger partial charge on any atom is -0.481 e. The molecule has 0 radical (unpaired) electrons. The third-order valence-corrected chi connectivity index (χ3v) is 4.14. The van der Waals surface area contributed by atoms with Crippen LogP contribution in [0, 0.1) is 10.8 Å². The van der Waals surface area contributed by atoms with E-state index >= 15 is 0 Å². The number of nitrogen functional groups attached to an aromatic ring is 2. The van der Waals surface area contributed by atoms with Gasteiger partial charge in [-0.15, -0.1) is 0 Å². The lowest BCUT2D eigenvalue weighted by Crippen LogP contribution is -2.21. The molecule has 0 spiro atoms. The molecule has 130 valence electrons. The fourth-order valence-electron chi connectivity index (χ4n) is 2.86. The maximum atomic E-state index is 11.3. The van der Waals surface area contributed by atoms with Gasteiger partial charge < -0.3 is 16.6 Å². The average Bonchev–Trinajstić information content (AvgIpc) is 2.58. The Balaban J connectivity index is 2.30. The van der Waals surface area contributed by atoms with Crippen molar-refractivity contribution in [2.75, 3.05) is 0 Å². The molecule has 6 nitrogen and oxygen atoms in total. The summed E-state index contributed by atoms with van der Waals surface area (Å²) in [5.41, 5.74) is 13.8. The molecule has 6 heteroatoms. The number of carboxylic acids is 1. The van der Waals surface area contributed by atoms with E-state index in [1.807, 2.05) is 30.3 Å². The largest absolute Gasteiger partial charge is 0.481 e. The third kappa shape index (κ3) is 4.91. The van der Waals surface area contributed by atoms with Gasteiger partial charge in [0.2, 0.25) is 0 Å². The molecule has 0 heterocycles. The van der Waals surface area contributed by atoms with Crippen molar-refractivity contribution in [3.63, 3.8) is 0 Å². The Labute approximate surface area is 146 Å². The number of nitrogens with one attached hydrogen (secondary N) is 2. The summed E-state index contributed by atoms with van der Waals surface area (Å²) in [5, 5.41) is 24.5. The number of benzene rings is 2. The number of hydrogen-bond acceptors (Lipinski definition) is 3. The number of hydrogen-bond donors (Lipinski definition) is 5. The number of rotatable bonds is 8. The SMILES string of the molecule is N=C(N)c1ccc(C(CCc2ccccc2)CC(=O)O)cc1C(=N)N. The molecule has 0 amide bonds. The highest BCUT2D eigenvalue weighted by Gasteiger charge is 2.18. The number of nitrogens with two attached hydrogens (primary N) is 2. The van der Waals surface area contributed by atoms with Crippen molar-refractivity contribution in [3.8, 4) is 0 Å². The summed E-state index contributed by atoms with van der Waals surface area (Å²) in [6.07, 6.45) is 1.40. The Hall–Kier alpha value is -3.15. The van der Waals surface area contributed by atoms with Gasteiger partial charge in [0.05, 0.1) is 6.42 Å². The van der Waals surface area contributed by atoms with E-state index in [1.54, 1.807) is 18.2 Å². The summed E-state index contributed by atoms with van der Waals surface area (Å²) in [6.45, 7) is 0. The molecule has 0 saturated heterocycles. The van der Waals surface area contributed by atoms with Crippen LogP contribution in [-0.2, 0) is 11.2 Å². The Morgan fingerprint density at radius 1 is 1.00 bits per heavy atom. The zero-order valence-corrected chi connectivity index (χ0v) is 13.8. The molecule has 0 saturated carbocycles. The van der Waals surface area contributed by atoms with E-state index in [4.69, 9.17) is 22.3 Å². The molecule has 0 aliphatic heterocycles. The van der Waals surface area contributed by atoms with E-state index < -0.39 is 5.97 Å². The lowest BCUT2D eigenvalue weighted by Gasteiger charge is -2.18. The monoisotopic (exact) mass is 338 g/mol. The van der Waals surface area contributed by atoms with Crippen molar-refractivity contribution < 1.29 is 9.90 Å². The first-order valence-corrected chi connectivity index (χ1v) is 7.97. The summed E-state index contributed by atoms with van der Waals surface area (Å²) in [4.78, 5) is 11.3. The minimum atomic E-state index is -0.877. The van der Waals surface area contributed by atoms with Crippen molar-refractivity contribution in [3.05, 3.63) is 70.8 Å². The number of aliphatic carboxylic acids is 1. The van der Waals surface area contributed by atoms with Crippen LogP contribution < -0.4 is 11.5 Å². The highest BCUT2D eigenvalue weighted by molar-refractivity contribution is 6.08. The first-order valence-electron chi connectivity index (χ1n) is 7.97. The van der Waals surface area contributed by atoms with E-state index in [9.17, 15) is 9.90 Å². The van der Waals surface area contributed by atoms with Crippen LogP contribution in [0.4, 0.5) is 0 Å². The van der Waals surface area contributed by atoms with Gasteiger partial charge in [-0.05, 0) is 36.0 Å². The number of amidine groups is 2. The van der Waals surface area contributed by atoms with E-state index in [2.05, 4.69) is 0 Å². The van der Waals surface area contributed by atoms with Crippen LogP contribution in [0.5, 0.6) is 0 Å². The Bertz CT molecular complexity index is 787. The molecule has 0 aliphatic carbocycles. The molecule has 7 N–H and O–H groups in total. The highest BCUT2D eigenvalue weighted by Crippen LogP contribution is 2.27. The molecule has 0 fully saturated rings. The Morgan fingerprint density at radius 2 is 1.64 bits per heavy atom. The fraction of sp³-hybridized carbons (Fsp3) is 0.211. The normalized spacial score (nSPS) is 11.7. The van der Waals surface area contributed by atoms with E-state index in [0.29, 0.717) is 17.5 Å². The van der Waals surface area contributed by atoms with Gasteiger partial charge in [0, 0.05) is 11.1 Å². The molecule has 0 bridgehead atoms. The van der Waals surface area contributed by atoms with Crippen molar-refractivity contribution in [2.45, 2.75) is 25.2 Å². The van der Waals surface area contributed by atoms with Gasteiger partial charge in [0.25, 0.3) is 0 Å². The number of carboxylic acid groups (broad SMARTS) is 1. The zero-order chi connectivity index (χ0) is 18.4. The van der Waals surface area contributed by atoms with Gasteiger partial charge >= 0.3 is 5.97 Å². The molecule has 2 rings (SSSR count). The van der Waals surface area contributed by atoms with Gasteiger partial charge in [-0.2, -0.15) is 0 Å². The summed E-state index contributed by atoms with van der Waals surface area (Å²) >= 11 is 0. The van der Waals surface area contributed by atoms with Crippen molar-refractivity contribution in [2.24, 2.45) is 11.5 Å². The van der Waals surface area contributed by atoms with Crippen molar-refractivity contribution in [1.29, 1.82) is 10.8 Å². The zero-order valence-electron chi connectivity index (χ0n) is 13.8. The predicted molar refractivity (Wildman–Crippen MR) is 98.2 cm³/mol. The summed E-state index contributed by atoms with van der Waals surface area (Å²) in [7, 11) is 0. The van der Waals surface area contributed by atoms with Gasteiger partial charge in [0.15, 0.2) is 0 Å². The molecule has 0 aromatic heterocycles. The lowest BCUT2D eigenvalue weighted by atomic mass is 9.87. The maximum Gasteiger partial charge on any atom is 0.303 e. The number of carbonyl (C=O) groups is 1. The van der Waals surface area contributed by atoms with E-state index in [-0.39, 0.29) is 24.0 Å². The van der Waals surface area contributed by atoms with Crippen LogP contribution in [0.2, 0.25) is 0 Å². The lowest BCUT2D eigenvalue weighted by molar-refractivity contribution is -0.137. The van der Waals surface area contributed by atoms with Crippen LogP contribution >= 0.6 is 0 Å². The van der Waals surface area contributed by atoms with Crippen molar-refractivity contribution >= 4 is 17.6 Å². The third-order valence-electron chi connectivity index (χ3n) is 4.14. The Kier molecular flexibility index (Phi) is 5.89. The second kappa shape index (κ2) is 8.10. The quantitative estimate of drug-likeness (QED) is 0.373. The number of aryl methyl sites for hydroxylation is 1. The molecule has 0 aliphatic rings. The van der Waals surface area contributed by atoms with Crippen LogP contribution in [0.1, 0.15) is 41.0 Å². The van der Waals surface area contributed by atoms with Crippen LogP contribution in [-0.4, -0.2) is 22.7 Å². The summed E-state index contributed by atoms with van der Waals surface area (Å²) in [5.74, 6) is -1.45. The Morgan fingerprint density at radius 3 is 2.20 bits per heavy atom. The topological polar surface area (TPSA) is 137 Å². The highest BCUT2D eigenvalue weighted by atomic mass is 16.4. The first-order chi connectivity index (χ1) is 11.9. The van der Waals surface area contributed by atoms with Gasteiger partial charge in [-0.1, -0.05) is 42.5 Å². The predicted octanol–water partition coefficient (Wildman–Crippen LogP) is 2.45. The fourth-order valence-corrected chi connectivity index (χ4v) is 2.86. The van der Waals surface area contributed by atoms with Crippen molar-refractivity contribution in [1.82, 2.24) is 0 Å². The molecule has 2 aromatic carbocycles. The molecular formula is C19H22N4O2. The summed E-state index contributed by atoms with van der Waals surface area (Å²) in [6, 6.07) is 15.0. The molecular weight excluding hydrogens is 316 g/mol. The van der Waals surface area contributed by atoms with Gasteiger partial charge in [-0.25, -0.2) is 0 Å². The molecule has 2 aromatic rings. The maximum absolute atomic E-state index is 11.3. The molecule has 25 heavy (non-hydrogen) atoms.